The Labute approximate surface area is 221 Å². The Bertz CT molecular complexity index is 736. The zero-order valence-electron chi connectivity index (χ0n) is 26.1. The van der Waals surface area contributed by atoms with Crippen molar-refractivity contribution in [2.75, 3.05) is 0 Å². The first-order chi connectivity index (χ1) is 16.4. The van der Waals surface area contributed by atoms with Crippen LogP contribution in [0.25, 0.3) is 0 Å². The van der Waals surface area contributed by atoms with Crippen molar-refractivity contribution in [3.05, 3.63) is 71.0 Å². The van der Waals surface area contributed by atoms with Gasteiger partial charge in [-0.15, -0.1) is 0 Å². The molecule has 0 atom stereocenters. The van der Waals surface area contributed by atoms with Gasteiger partial charge >= 0.3 is 0 Å². The van der Waals surface area contributed by atoms with Crippen LogP contribution in [0.1, 0.15) is 131 Å². The number of benzene rings is 1. The maximum absolute atomic E-state index is 4.22. The summed E-state index contributed by atoms with van der Waals surface area (Å²) in [6.07, 6.45) is 14.9. The summed E-state index contributed by atoms with van der Waals surface area (Å²) in [6, 6.07) is 6.61. The fourth-order valence-corrected chi connectivity index (χ4v) is 3.54. The second-order valence-electron chi connectivity index (χ2n) is 10.1. The van der Waals surface area contributed by atoms with Gasteiger partial charge in [0.15, 0.2) is 0 Å². The van der Waals surface area contributed by atoms with Crippen LogP contribution in [0.15, 0.2) is 59.3 Å². The van der Waals surface area contributed by atoms with Crippen LogP contribution >= 0.6 is 0 Å². The van der Waals surface area contributed by atoms with E-state index in [1.54, 1.807) is 0 Å². The number of hydrogen-bond acceptors (Lipinski definition) is 1. The molecule has 35 heavy (non-hydrogen) atoms. The summed E-state index contributed by atoms with van der Waals surface area (Å²) in [5.41, 5.74) is 8.28. The van der Waals surface area contributed by atoms with Crippen molar-refractivity contribution in [1.82, 2.24) is 0 Å². The quantitative estimate of drug-likeness (QED) is 0.244. The van der Waals surface area contributed by atoms with Crippen molar-refractivity contribution in [2.24, 2.45) is 10.4 Å². The van der Waals surface area contributed by atoms with E-state index in [1.807, 2.05) is 26.0 Å². The van der Waals surface area contributed by atoms with Gasteiger partial charge in [-0.2, -0.15) is 0 Å². The van der Waals surface area contributed by atoms with Gasteiger partial charge in [-0.25, -0.2) is 0 Å². The molecule has 0 fully saturated rings. The van der Waals surface area contributed by atoms with Crippen molar-refractivity contribution >= 4 is 5.71 Å². The van der Waals surface area contributed by atoms with Gasteiger partial charge in [0.25, 0.3) is 0 Å². The van der Waals surface area contributed by atoms with E-state index < -0.39 is 0 Å². The maximum Gasteiger partial charge on any atom is 0.0400 e. The van der Waals surface area contributed by atoms with Crippen LogP contribution in [0.4, 0.5) is 0 Å². The normalized spacial score (nSPS) is 11.6. The van der Waals surface area contributed by atoms with Gasteiger partial charge in [0, 0.05) is 11.4 Å². The first-order valence-electron chi connectivity index (χ1n) is 13.9. The third kappa shape index (κ3) is 25.0. The minimum atomic E-state index is 0.601. The number of aryl methyl sites for hydroxylation is 3. The summed E-state index contributed by atoms with van der Waals surface area (Å²) in [4.78, 5) is 4.22. The lowest BCUT2D eigenvalue weighted by Crippen LogP contribution is -2.09. The van der Waals surface area contributed by atoms with Gasteiger partial charge in [0.1, 0.15) is 0 Å². The molecule has 1 aromatic carbocycles. The molecule has 0 saturated heterocycles. The van der Waals surface area contributed by atoms with E-state index in [0.717, 1.165) is 24.3 Å². The molecule has 0 aliphatic heterocycles. The Kier molecular flexibility index (Phi) is 25.6. The average molecular weight is 484 g/mol. The summed E-state index contributed by atoms with van der Waals surface area (Å²) in [7, 11) is 0. The molecular weight excluding hydrogens is 422 g/mol. The molecule has 0 aromatic heterocycles. The molecule has 0 aliphatic rings. The van der Waals surface area contributed by atoms with E-state index in [0.29, 0.717) is 5.41 Å². The SMILES string of the molecule is C/C=C(/C)CC.C=C(C)N=C(/C=C\C)CC.CCCC(C)(C)CCC.CCc1cc(C)ccc1C. The minimum Gasteiger partial charge on any atom is -0.259 e. The number of aliphatic imine (C=N–C) groups is 1. The van der Waals surface area contributed by atoms with Gasteiger partial charge in [-0.05, 0) is 96.3 Å². The van der Waals surface area contributed by atoms with Gasteiger partial charge in [-0.3, -0.25) is 4.99 Å². The van der Waals surface area contributed by atoms with Gasteiger partial charge < -0.3 is 0 Å². The molecular formula is C34H61N. The zero-order valence-corrected chi connectivity index (χ0v) is 26.1. The van der Waals surface area contributed by atoms with Gasteiger partial charge in [0.05, 0.1) is 0 Å². The van der Waals surface area contributed by atoms with E-state index in [2.05, 4.69) is 112 Å². The Morgan fingerprint density at radius 1 is 0.914 bits per heavy atom. The molecule has 0 radical (unpaired) electrons. The smallest absolute Gasteiger partial charge is 0.0400 e. The number of nitrogens with zero attached hydrogens (tertiary/aromatic N) is 1. The fraction of sp³-hybridized carbons (Fsp3) is 0.618. The second kappa shape index (κ2) is 23.8. The van der Waals surface area contributed by atoms with Crippen molar-refractivity contribution in [1.29, 1.82) is 0 Å². The molecule has 0 saturated carbocycles. The molecule has 1 rings (SSSR count). The van der Waals surface area contributed by atoms with Crippen LogP contribution in [-0.4, -0.2) is 5.71 Å². The number of hydrogen-bond donors (Lipinski definition) is 0. The summed E-state index contributed by atoms with van der Waals surface area (Å²) in [5.74, 6) is 0. The standard InChI is InChI=1S/C10H14.C9H15N.C9H20.C6H12/c1-4-10-7-8(2)5-6-9(10)3;1-5-7-9(6-2)10-8(3)4;1-5-7-9(3,4)8-6-2;1-4-6(3)5-2/h5-7H,4H2,1-3H3;5,7H,3,6H2,1-2,4H3;5-8H2,1-4H3;4H,5H2,1-3H3/b;7-5-,10-9?;;6-4-. The molecule has 1 heteroatoms. The third-order valence-electron chi connectivity index (χ3n) is 5.85. The maximum atomic E-state index is 4.22. The van der Waals surface area contributed by atoms with Crippen LogP contribution in [0.2, 0.25) is 0 Å². The summed E-state index contributed by atoms with van der Waals surface area (Å²) in [5, 5.41) is 0. The summed E-state index contributed by atoms with van der Waals surface area (Å²) in [6.45, 7) is 31.8. The van der Waals surface area contributed by atoms with Crippen molar-refractivity contribution < 1.29 is 0 Å². The monoisotopic (exact) mass is 483 g/mol. The molecule has 0 amide bonds. The predicted octanol–water partition coefficient (Wildman–Crippen LogP) is 11.8. The van der Waals surface area contributed by atoms with E-state index in [1.165, 1.54) is 54.4 Å². The molecule has 0 spiro atoms. The van der Waals surface area contributed by atoms with Crippen LogP contribution in [0, 0.1) is 19.3 Å². The Hall–Kier alpha value is -1.89. The van der Waals surface area contributed by atoms with E-state index >= 15 is 0 Å². The van der Waals surface area contributed by atoms with Crippen molar-refractivity contribution in [2.45, 2.75) is 135 Å². The number of rotatable bonds is 9. The van der Waals surface area contributed by atoms with E-state index in [4.69, 9.17) is 0 Å². The molecule has 1 nitrogen and oxygen atoms in total. The van der Waals surface area contributed by atoms with E-state index in [-0.39, 0.29) is 0 Å². The summed E-state index contributed by atoms with van der Waals surface area (Å²) >= 11 is 0. The average Bonchev–Trinajstić information content (AvgIpc) is 2.80. The van der Waals surface area contributed by atoms with Crippen molar-refractivity contribution in [3.63, 3.8) is 0 Å². The Morgan fingerprint density at radius 2 is 1.46 bits per heavy atom. The highest BCUT2D eigenvalue weighted by Gasteiger charge is 2.13. The summed E-state index contributed by atoms with van der Waals surface area (Å²) < 4.78 is 0. The zero-order chi connectivity index (χ0) is 27.9. The van der Waals surface area contributed by atoms with Gasteiger partial charge in [-0.1, -0.05) is 109 Å². The first-order valence-corrected chi connectivity index (χ1v) is 13.9. The fourth-order valence-electron chi connectivity index (χ4n) is 3.54. The topological polar surface area (TPSA) is 12.4 Å². The lowest BCUT2D eigenvalue weighted by Gasteiger charge is -2.22. The highest BCUT2D eigenvalue weighted by atomic mass is 14.7. The number of allylic oxidation sites excluding steroid dienone is 5. The highest BCUT2D eigenvalue weighted by Crippen LogP contribution is 2.27. The minimum absolute atomic E-state index is 0.601. The third-order valence-corrected chi connectivity index (χ3v) is 5.85. The molecule has 202 valence electrons. The highest BCUT2D eigenvalue weighted by molar-refractivity contribution is 5.95. The largest absolute Gasteiger partial charge is 0.259 e. The van der Waals surface area contributed by atoms with E-state index in [9.17, 15) is 0 Å². The van der Waals surface area contributed by atoms with Crippen molar-refractivity contribution in [3.8, 4) is 0 Å². The van der Waals surface area contributed by atoms with Crippen LogP contribution < -0.4 is 0 Å². The molecule has 0 heterocycles. The molecule has 0 unspecified atom stereocenters. The Morgan fingerprint density at radius 3 is 1.74 bits per heavy atom. The first kappa shape index (κ1) is 37.7. The van der Waals surface area contributed by atoms with Crippen LogP contribution in [0.3, 0.4) is 0 Å². The van der Waals surface area contributed by atoms with Gasteiger partial charge in [0.2, 0.25) is 0 Å². The molecule has 0 aliphatic carbocycles. The Balaban J connectivity index is -0.000000397. The van der Waals surface area contributed by atoms with Crippen LogP contribution in [0.5, 0.6) is 0 Å². The lowest BCUT2D eigenvalue weighted by molar-refractivity contribution is 0.301. The lowest BCUT2D eigenvalue weighted by atomic mass is 9.84. The van der Waals surface area contributed by atoms with Crippen LogP contribution in [-0.2, 0) is 6.42 Å². The second-order valence-corrected chi connectivity index (χ2v) is 10.1. The molecule has 1 aromatic rings. The molecule has 0 bridgehead atoms. The predicted molar refractivity (Wildman–Crippen MR) is 166 cm³/mol. The molecule has 0 N–H and O–H groups in total.